The third kappa shape index (κ3) is 1.50. The van der Waals surface area contributed by atoms with E-state index in [0.29, 0.717) is 5.75 Å². The van der Waals surface area contributed by atoms with Gasteiger partial charge in [-0.3, -0.25) is 0 Å². The van der Waals surface area contributed by atoms with Gasteiger partial charge in [0.1, 0.15) is 5.75 Å². The molecule has 1 fully saturated rings. The molecule has 0 aromatic heterocycles. The van der Waals surface area contributed by atoms with Crippen molar-refractivity contribution in [2.24, 2.45) is 0 Å². The molecule has 1 aromatic carbocycles. The summed E-state index contributed by atoms with van der Waals surface area (Å²) in [6.45, 7) is 0. The molecule has 1 N–H and O–H groups in total. The van der Waals surface area contributed by atoms with E-state index in [0.717, 1.165) is 9.49 Å². The summed E-state index contributed by atoms with van der Waals surface area (Å²) in [7, 11) is 0. The van der Waals surface area contributed by atoms with Crippen molar-refractivity contribution in [3.8, 4) is 5.75 Å². The Morgan fingerprint density at radius 3 is 2.64 bits per heavy atom. The SMILES string of the molecule is Oc1cc(C2CC2)ccc1I. The first-order valence-electron chi connectivity index (χ1n) is 3.76. The maximum absolute atomic E-state index is 9.37. The second-order valence-electron chi connectivity index (χ2n) is 2.99. The fourth-order valence-corrected chi connectivity index (χ4v) is 1.54. The first kappa shape index (κ1) is 7.40. The minimum Gasteiger partial charge on any atom is -0.507 e. The standard InChI is InChI=1S/C9H9IO/c10-8-4-3-7(5-9(8)11)6-1-2-6/h3-6,11H,1-2H2. The Labute approximate surface area is 79.6 Å². The van der Waals surface area contributed by atoms with Crippen LogP contribution in [0.4, 0.5) is 0 Å². The van der Waals surface area contributed by atoms with Gasteiger partial charge in [-0.05, 0) is 59.0 Å². The second-order valence-corrected chi connectivity index (χ2v) is 4.15. The van der Waals surface area contributed by atoms with Gasteiger partial charge in [-0.2, -0.15) is 0 Å². The normalized spacial score (nSPS) is 16.8. The lowest BCUT2D eigenvalue weighted by molar-refractivity contribution is 0.470. The number of phenols is 1. The molecular weight excluding hydrogens is 251 g/mol. The van der Waals surface area contributed by atoms with Crippen LogP contribution in [0.25, 0.3) is 0 Å². The van der Waals surface area contributed by atoms with Gasteiger partial charge in [0.05, 0.1) is 3.57 Å². The Balaban J connectivity index is 2.36. The monoisotopic (exact) mass is 260 g/mol. The summed E-state index contributed by atoms with van der Waals surface area (Å²) in [6, 6.07) is 5.97. The van der Waals surface area contributed by atoms with Gasteiger partial charge < -0.3 is 5.11 Å². The van der Waals surface area contributed by atoms with Crippen LogP contribution in [0.3, 0.4) is 0 Å². The van der Waals surface area contributed by atoms with Crippen molar-refractivity contribution in [3.05, 3.63) is 27.3 Å². The number of halogens is 1. The highest BCUT2D eigenvalue weighted by Gasteiger charge is 2.23. The first-order chi connectivity index (χ1) is 5.27. The molecule has 0 atom stereocenters. The van der Waals surface area contributed by atoms with E-state index in [9.17, 15) is 5.11 Å². The summed E-state index contributed by atoms with van der Waals surface area (Å²) < 4.78 is 0.937. The fourth-order valence-electron chi connectivity index (χ4n) is 1.20. The maximum Gasteiger partial charge on any atom is 0.129 e. The quantitative estimate of drug-likeness (QED) is 0.770. The highest BCUT2D eigenvalue weighted by atomic mass is 127. The van der Waals surface area contributed by atoms with Gasteiger partial charge >= 0.3 is 0 Å². The van der Waals surface area contributed by atoms with E-state index in [2.05, 4.69) is 28.7 Å². The summed E-state index contributed by atoms with van der Waals surface area (Å²) >= 11 is 2.13. The van der Waals surface area contributed by atoms with Crippen molar-refractivity contribution in [3.63, 3.8) is 0 Å². The number of aromatic hydroxyl groups is 1. The number of hydrogen-bond donors (Lipinski definition) is 1. The summed E-state index contributed by atoms with van der Waals surface area (Å²) in [6.07, 6.45) is 2.58. The first-order valence-corrected chi connectivity index (χ1v) is 4.83. The van der Waals surface area contributed by atoms with Crippen molar-refractivity contribution in [2.75, 3.05) is 0 Å². The Kier molecular flexibility index (Phi) is 1.79. The van der Waals surface area contributed by atoms with Crippen LogP contribution in [0.5, 0.6) is 5.75 Å². The smallest absolute Gasteiger partial charge is 0.129 e. The Bertz CT molecular complexity index is 279. The van der Waals surface area contributed by atoms with Crippen LogP contribution in [0.1, 0.15) is 24.3 Å². The van der Waals surface area contributed by atoms with Crippen molar-refractivity contribution < 1.29 is 5.11 Å². The van der Waals surface area contributed by atoms with E-state index in [-0.39, 0.29) is 0 Å². The molecule has 0 heterocycles. The molecule has 1 aliphatic carbocycles. The third-order valence-corrected chi connectivity index (χ3v) is 2.93. The number of hydrogen-bond acceptors (Lipinski definition) is 1. The van der Waals surface area contributed by atoms with Crippen LogP contribution < -0.4 is 0 Å². The minimum absolute atomic E-state index is 0.426. The fraction of sp³-hybridized carbons (Fsp3) is 0.333. The van der Waals surface area contributed by atoms with Gasteiger partial charge in [0.2, 0.25) is 0 Å². The number of phenolic OH excluding ortho intramolecular Hbond substituents is 1. The highest BCUT2D eigenvalue weighted by Crippen LogP contribution is 2.41. The van der Waals surface area contributed by atoms with Gasteiger partial charge in [-0.15, -0.1) is 0 Å². The molecule has 0 unspecified atom stereocenters. The molecule has 0 saturated heterocycles. The topological polar surface area (TPSA) is 20.2 Å². The molecule has 1 saturated carbocycles. The molecule has 0 bridgehead atoms. The Hall–Kier alpha value is -0.250. The largest absolute Gasteiger partial charge is 0.507 e. The van der Waals surface area contributed by atoms with E-state index >= 15 is 0 Å². The molecule has 1 nitrogen and oxygen atoms in total. The van der Waals surface area contributed by atoms with E-state index in [4.69, 9.17) is 0 Å². The molecule has 2 heteroatoms. The molecule has 0 aliphatic heterocycles. The molecule has 0 spiro atoms. The van der Waals surface area contributed by atoms with E-state index in [1.165, 1.54) is 18.4 Å². The lowest BCUT2D eigenvalue weighted by atomic mass is 10.1. The van der Waals surface area contributed by atoms with Crippen molar-refractivity contribution in [1.29, 1.82) is 0 Å². The predicted octanol–water partition coefficient (Wildman–Crippen LogP) is 2.87. The molecule has 1 aliphatic rings. The van der Waals surface area contributed by atoms with Crippen LogP contribution in [0.2, 0.25) is 0 Å². The number of benzene rings is 1. The van der Waals surface area contributed by atoms with Crippen LogP contribution in [0.15, 0.2) is 18.2 Å². The van der Waals surface area contributed by atoms with Crippen molar-refractivity contribution >= 4 is 22.6 Å². The molecule has 11 heavy (non-hydrogen) atoms. The average Bonchev–Trinajstić information content (AvgIpc) is 2.77. The van der Waals surface area contributed by atoms with Gasteiger partial charge in [0.25, 0.3) is 0 Å². The molecular formula is C9H9IO. The van der Waals surface area contributed by atoms with Crippen LogP contribution in [-0.2, 0) is 0 Å². The van der Waals surface area contributed by atoms with Gasteiger partial charge in [0, 0.05) is 0 Å². The summed E-state index contributed by atoms with van der Waals surface area (Å²) in [5, 5.41) is 9.37. The Morgan fingerprint density at radius 1 is 1.36 bits per heavy atom. The second kappa shape index (κ2) is 2.66. The average molecular weight is 260 g/mol. The molecule has 0 amide bonds. The predicted molar refractivity (Wildman–Crippen MR) is 52.8 cm³/mol. The molecule has 2 rings (SSSR count). The zero-order valence-electron chi connectivity index (χ0n) is 6.05. The third-order valence-electron chi connectivity index (χ3n) is 2.02. The van der Waals surface area contributed by atoms with Crippen LogP contribution >= 0.6 is 22.6 Å². The molecule has 58 valence electrons. The summed E-state index contributed by atoms with van der Waals surface area (Å²) in [4.78, 5) is 0. The van der Waals surface area contributed by atoms with Crippen molar-refractivity contribution in [2.45, 2.75) is 18.8 Å². The zero-order valence-corrected chi connectivity index (χ0v) is 8.21. The van der Waals surface area contributed by atoms with Gasteiger partial charge in [0.15, 0.2) is 0 Å². The van der Waals surface area contributed by atoms with E-state index in [1.807, 2.05) is 12.1 Å². The lowest BCUT2D eigenvalue weighted by Gasteiger charge is -2.00. The van der Waals surface area contributed by atoms with Gasteiger partial charge in [-0.1, -0.05) is 6.07 Å². The lowest BCUT2D eigenvalue weighted by Crippen LogP contribution is -1.80. The molecule has 0 radical (unpaired) electrons. The van der Waals surface area contributed by atoms with Crippen molar-refractivity contribution in [1.82, 2.24) is 0 Å². The van der Waals surface area contributed by atoms with Crippen LogP contribution in [0, 0.1) is 3.57 Å². The molecule has 1 aromatic rings. The minimum atomic E-state index is 0.426. The highest BCUT2D eigenvalue weighted by molar-refractivity contribution is 14.1. The summed E-state index contributed by atoms with van der Waals surface area (Å²) in [5.41, 5.74) is 1.29. The maximum atomic E-state index is 9.37. The summed E-state index contributed by atoms with van der Waals surface area (Å²) in [5.74, 6) is 1.16. The van der Waals surface area contributed by atoms with Gasteiger partial charge in [-0.25, -0.2) is 0 Å². The van der Waals surface area contributed by atoms with E-state index < -0.39 is 0 Å². The Morgan fingerprint density at radius 2 is 2.09 bits per heavy atom. The van der Waals surface area contributed by atoms with Crippen LogP contribution in [-0.4, -0.2) is 5.11 Å². The zero-order chi connectivity index (χ0) is 7.84. The number of rotatable bonds is 1. The van der Waals surface area contributed by atoms with E-state index in [1.54, 1.807) is 0 Å².